The van der Waals surface area contributed by atoms with Gasteiger partial charge in [0.2, 0.25) is 8.32 Å². The summed E-state index contributed by atoms with van der Waals surface area (Å²) in [6, 6.07) is 0. The van der Waals surface area contributed by atoms with E-state index in [4.69, 9.17) is 9.16 Å². The molecule has 0 spiro atoms. The molecule has 0 aromatic heterocycles. The maximum absolute atomic E-state index is 6.25. The molecule has 1 aliphatic carbocycles. The molecule has 1 rings (SSSR count). The van der Waals surface area contributed by atoms with Crippen molar-refractivity contribution in [2.45, 2.75) is 51.7 Å². The van der Waals surface area contributed by atoms with E-state index < -0.39 is 8.32 Å². The lowest BCUT2D eigenvalue weighted by atomic mass is 10.1. The van der Waals surface area contributed by atoms with Gasteiger partial charge >= 0.3 is 0 Å². The highest BCUT2D eigenvalue weighted by atomic mass is 28.4. The van der Waals surface area contributed by atoms with Gasteiger partial charge in [0.25, 0.3) is 0 Å². The number of ether oxygens (including phenoxy) is 1. The Hall–Kier alpha value is -0.703. The molecule has 92 valence electrons. The Morgan fingerprint density at radius 3 is 2.38 bits per heavy atom. The van der Waals surface area contributed by atoms with Crippen LogP contribution in [0.2, 0.25) is 18.1 Å². The van der Waals surface area contributed by atoms with E-state index in [9.17, 15) is 0 Å². The summed E-state index contributed by atoms with van der Waals surface area (Å²) in [7, 11) is 0.0202. The quantitative estimate of drug-likeness (QED) is 0.688. The summed E-state index contributed by atoms with van der Waals surface area (Å²) in [6.45, 7) is 11.3. The van der Waals surface area contributed by atoms with Crippen LogP contribution in [0, 0.1) is 0 Å². The summed E-state index contributed by atoms with van der Waals surface area (Å²) in [6.07, 6.45) is 6.16. The van der Waals surface area contributed by atoms with Gasteiger partial charge in [-0.05, 0) is 30.6 Å². The van der Waals surface area contributed by atoms with Crippen molar-refractivity contribution in [3.05, 3.63) is 23.7 Å². The standard InChI is InChI=1S/C13H24O2Si/c1-13(2,3)16(5,6)15-12-9-7-8-11(10-12)14-4/h8,10H,7,9H2,1-6H3. The topological polar surface area (TPSA) is 18.5 Å². The molecule has 0 fully saturated rings. The molecule has 0 atom stereocenters. The second kappa shape index (κ2) is 4.66. The highest BCUT2D eigenvalue weighted by Crippen LogP contribution is 2.39. The minimum absolute atomic E-state index is 0.252. The van der Waals surface area contributed by atoms with Crippen LogP contribution in [0.4, 0.5) is 0 Å². The maximum atomic E-state index is 6.25. The third-order valence-electron chi connectivity index (χ3n) is 3.47. The van der Waals surface area contributed by atoms with Crippen molar-refractivity contribution in [3.8, 4) is 0 Å². The predicted molar refractivity (Wildman–Crippen MR) is 70.7 cm³/mol. The Balaban J connectivity index is 2.75. The van der Waals surface area contributed by atoms with Gasteiger partial charge in [-0.1, -0.05) is 20.8 Å². The average Bonchev–Trinajstić information content (AvgIpc) is 2.15. The van der Waals surface area contributed by atoms with Crippen LogP contribution in [0.5, 0.6) is 0 Å². The van der Waals surface area contributed by atoms with Crippen molar-refractivity contribution >= 4 is 8.32 Å². The highest BCUT2D eigenvalue weighted by Gasteiger charge is 2.39. The third-order valence-corrected chi connectivity index (χ3v) is 7.85. The first kappa shape index (κ1) is 13.4. The Bertz CT molecular complexity index is 308. The Morgan fingerprint density at radius 1 is 1.25 bits per heavy atom. The van der Waals surface area contributed by atoms with Crippen molar-refractivity contribution in [2.75, 3.05) is 7.11 Å². The smallest absolute Gasteiger partial charge is 0.250 e. The zero-order chi connectivity index (χ0) is 12.4. The molecule has 0 N–H and O–H groups in total. The van der Waals surface area contributed by atoms with Crippen molar-refractivity contribution in [1.29, 1.82) is 0 Å². The predicted octanol–water partition coefficient (Wildman–Crippen LogP) is 4.22. The molecule has 16 heavy (non-hydrogen) atoms. The summed E-state index contributed by atoms with van der Waals surface area (Å²) < 4.78 is 11.5. The van der Waals surface area contributed by atoms with E-state index in [0.29, 0.717) is 0 Å². The second-order valence-electron chi connectivity index (χ2n) is 5.82. The van der Waals surface area contributed by atoms with Gasteiger partial charge in [0, 0.05) is 12.5 Å². The van der Waals surface area contributed by atoms with Crippen LogP contribution < -0.4 is 0 Å². The fraction of sp³-hybridized carbons (Fsp3) is 0.692. The van der Waals surface area contributed by atoms with Crippen LogP contribution >= 0.6 is 0 Å². The van der Waals surface area contributed by atoms with E-state index >= 15 is 0 Å². The van der Waals surface area contributed by atoms with Gasteiger partial charge in [-0.25, -0.2) is 0 Å². The van der Waals surface area contributed by atoms with Gasteiger partial charge in [0.15, 0.2) is 0 Å². The molecule has 0 aliphatic heterocycles. The molecule has 0 radical (unpaired) electrons. The van der Waals surface area contributed by atoms with E-state index in [0.717, 1.165) is 24.4 Å². The molecule has 0 saturated carbocycles. The molecule has 1 aliphatic rings. The van der Waals surface area contributed by atoms with Crippen LogP contribution in [0.3, 0.4) is 0 Å². The third kappa shape index (κ3) is 3.14. The number of hydrogen-bond acceptors (Lipinski definition) is 2. The van der Waals surface area contributed by atoms with Gasteiger partial charge in [-0.2, -0.15) is 0 Å². The monoisotopic (exact) mass is 240 g/mol. The van der Waals surface area contributed by atoms with Crippen molar-refractivity contribution in [3.63, 3.8) is 0 Å². The van der Waals surface area contributed by atoms with E-state index in [-0.39, 0.29) is 5.04 Å². The molecule has 0 heterocycles. The minimum Gasteiger partial charge on any atom is -0.546 e. The molecule has 0 amide bonds. The molecule has 0 bridgehead atoms. The summed E-state index contributed by atoms with van der Waals surface area (Å²) >= 11 is 0. The van der Waals surface area contributed by atoms with Gasteiger partial charge in [0.1, 0.15) is 5.76 Å². The number of methoxy groups -OCH3 is 1. The lowest BCUT2D eigenvalue weighted by Crippen LogP contribution is -2.40. The SMILES string of the molecule is COC1=CCCC(O[Si](C)(C)C(C)(C)C)=C1. The molecule has 0 aromatic carbocycles. The molecule has 3 heteroatoms. The first-order valence-electron chi connectivity index (χ1n) is 5.90. The van der Waals surface area contributed by atoms with Gasteiger partial charge < -0.3 is 9.16 Å². The first-order chi connectivity index (χ1) is 7.26. The fourth-order valence-electron chi connectivity index (χ4n) is 1.35. The second-order valence-corrected chi connectivity index (χ2v) is 10.5. The van der Waals surface area contributed by atoms with Gasteiger partial charge in [-0.15, -0.1) is 0 Å². The number of allylic oxidation sites excluding steroid dienone is 3. The molecule has 0 saturated heterocycles. The molecule has 0 unspecified atom stereocenters. The summed E-state index contributed by atoms with van der Waals surface area (Å²) in [4.78, 5) is 0. The molecule has 0 aromatic rings. The summed E-state index contributed by atoms with van der Waals surface area (Å²) in [5.74, 6) is 2.02. The largest absolute Gasteiger partial charge is 0.546 e. The van der Waals surface area contributed by atoms with Gasteiger partial charge in [-0.3, -0.25) is 0 Å². The number of rotatable bonds is 3. The van der Waals surface area contributed by atoms with Crippen LogP contribution in [0.25, 0.3) is 0 Å². The van der Waals surface area contributed by atoms with E-state index in [1.807, 2.05) is 6.08 Å². The van der Waals surface area contributed by atoms with E-state index in [1.54, 1.807) is 7.11 Å². The Labute approximate surface area is 100 Å². The van der Waals surface area contributed by atoms with Gasteiger partial charge in [0.05, 0.1) is 12.9 Å². The summed E-state index contributed by atoms with van der Waals surface area (Å²) in [5.41, 5.74) is 0. The zero-order valence-electron chi connectivity index (χ0n) is 11.4. The minimum atomic E-state index is -1.69. The van der Waals surface area contributed by atoms with E-state index in [2.05, 4.69) is 39.9 Å². The first-order valence-corrected chi connectivity index (χ1v) is 8.81. The summed E-state index contributed by atoms with van der Waals surface area (Å²) in [5, 5.41) is 0.252. The van der Waals surface area contributed by atoms with E-state index in [1.165, 1.54) is 0 Å². The number of hydrogen-bond donors (Lipinski definition) is 0. The van der Waals surface area contributed by atoms with Crippen LogP contribution in [0.1, 0.15) is 33.6 Å². The Kier molecular flexibility index (Phi) is 3.89. The van der Waals surface area contributed by atoms with Crippen molar-refractivity contribution < 1.29 is 9.16 Å². The average molecular weight is 240 g/mol. The van der Waals surface area contributed by atoms with Crippen molar-refractivity contribution in [2.24, 2.45) is 0 Å². The zero-order valence-corrected chi connectivity index (χ0v) is 12.4. The van der Waals surface area contributed by atoms with Crippen LogP contribution in [-0.2, 0) is 9.16 Å². The molecular formula is C13H24O2Si. The molecule has 2 nitrogen and oxygen atoms in total. The lowest BCUT2D eigenvalue weighted by molar-refractivity contribution is 0.291. The van der Waals surface area contributed by atoms with Crippen LogP contribution in [0.15, 0.2) is 23.7 Å². The van der Waals surface area contributed by atoms with Crippen molar-refractivity contribution in [1.82, 2.24) is 0 Å². The highest BCUT2D eigenvalue weighted by molar-refractivity contribution is 6.74. The molecular weight excluding hydrogens is 216 g/mol. The van der Waals surface area contributed by atoms with Crippen LogP contribution in [-0.4, -0.2) is 15.4 Å². The normalized spacial score (nSPS) is 17.6. The lowest BCUT2D eigenvalue weighted by Gasteiger charge is -2.37. The Morgan fingerprint density at radius 2 is 1.88 bits per heavy atom. The fourth-order valence-corrected chi connectivity index (χ4v) is 2.47. The maximum Gasteiger partial charge on any atom is 0.250 e.